The molecule has 0 nitrogen and oxygen atoms in total. The summed E-state index contributed by atoms with van der Waals surface area (Å²) in [6.07, 6.45) is 15.5. The van der Waals surface area contributed by atoms with Crippen LogP contribution < -0.4 is 0 Å². The van der Waals surface area contributed by atoms with Gasteiger partial charge in [0.15, 0.2) is 0 Å². The van der Waals surface area contributed by atoms with Crippen molar-refractivity contribution >= 4 is 23.5 Å². The Bertz CT molecular complexity index is 524. The summed E-state index contributed by atoms with van der Waals surface area (Å²) >= 11 is 4.61. The molecule has 5 fully saturated rings. The fourth-order valence-electron chi connectivity index (χ4n) is 8.89. The zero-order chi connectivity index (χ0) is 17.3. The van der Waals surface area contributed by atoms with Crippen LogP contribution in [0.5, 0.6) is 0 Å². The van der Waals surface area contributed by atoms with E-state index in [-0.39, 0.29) is 0 Å². The summed E-state index contributed by atoms with van der Waals surface area (Å²) in [4.78, 5) is 0. The fraction of sp³-hybridized carbons (Fsp3) is 1.00. The molecule has 142 valence electrons. The van der Waals surface area contributed by atoms with E-state index in [0.29, 0.717) is 14.9 Å². The first-order valence-corrected chi connectivity index (χ1v) is 13.2. The minimum atomic E-state index is 0.530. The lowest BCUT2D eigenvalue weighted by molar-refractivity contribution is -0.111. The number of hydrogen-bond donors (Lipinski definition) is 0. The van der Waals surface area contributed by atoms with E-state index in [0.717, 1.165) is 29.6 Å². The van der Waals surface area contributed by atoms with Crippen molar-refractivity contribution in [3.05, 3.63) is 0 Å². The van der Waals surface area contributed by atoms with Gasteiger partial charge in [-0.15, -0.1) is 23.5 Å². The monoisotopic (exact) mass is 378 g/mol. The molecule has 5 aliphatic rings. The molecular weight excluding hydrogens is 340 g/mol. The molecule has 1 saturated heterocycles. The third-order valence-corrected chi connectivity index (χ3v) is 13.6. The van der Waals surface area contributed by atoms with Gasteiger partial charge in [-0.25, -0.2) is 0 Å². The Morgan fingerprint density at radius 1 is 0.680 bits per heavy atom. The quantitative estimate of drug-likeness (QED) is 0.472. The smallest absolute Gasteiger partial charge is 0.0616 e. The van der Waals surface area contributed by atoms with Crippen LogP contribution in [0.1, 0.15) is 85.0 Å². The molecule has 1 aliphatic heterocycles. The Morgan fingerprint density at radius 2 is 1.44 bits per heavy atom. The van der Waals surface area contributed by atoms with Gasteiger partial charge in [-0.05, 0) is 98.7 Å². The van der Waals surface area contributed by atoms with Gasteiger partial charge in [0.1, 0.15) is 0 Å². The molecule has 4 aliphatic carbocycles. The van der Waals surface area contributed by atoms with E-state index in [1.165, 1.54) is 30.8 Å². The molecular formula is C23H38S2. The summed E-state index contributed by atoms with van der Waals surface area (Å²) in [5.41, 5.74) is 1.36. The highest BCUT2D eigenvalue weighted by Crippen LogP contribution is 2.71. The van der Waals surface area contributed by atoms with Crippen molar-refractivity contribution in [3.8, 4) is 0 Å². The van der Waals surface area contributed by atoms with Gasteiger partial charge >= 0.3 is 0 Å². The molecule has 5 rings (SSSR count). The topological polar surface area (TPSA) is 0 Å². The highest BCUT2D eigenvalue weighted by Gasteiger charge is 2.62. The molecule has 0 bridgehead atoms. The van der Waals surface area contributed by atoms with Gasteiger partial charge < -0.3 is 0 Å². The Hall–Kier alpha value is 0.700. The van der Waals surface area contributed by atoms with Gasteiger partial charge in [0, 0.05) is 11.5 Å². The van der Waals surface area contributed by atoms with Crippen LogP contribution in [0.25, 0.3) is 0 Å². The molecule has 7 atom stereocenters. The van der Waals surface area contributed by atoms with Crippen LogP contribution in [0, 0.1) is 40.4 Å². The molecule has 0 aromatic rings. The third kappa shape index (κ3) is 2.48. The summed E-state index contributed by atoms with van der Waals surface area (Å²) in [5, 5.41) is 0. The van der Waals surface area contributed by atoms with Crippen LogP contribution >= 0.6 is 23.5 Å². The first-order chi connectivity index (χ1) is 12.0. The van der Waals surface area contributed by atoms with Crippen LogP contribution in [-0.2, 0) is 0 Å². The largest absolute Gasteiger partial charge is 0.143 e. The standard InChI is InChI=1S/C23H38S2/c1-21-12-5-4-6-16(21)7-8-17-18-9-10-20(23(3)24-14-15-25-23)22(18,2)13-11-19(17)21/h16-20H,4-15H2,1-3H3. The van der Waals surface area contributed by atoms with Gasteiger partial charge in [-0.2, -0.15) is 0 Å². The molecule has 0 aromatic carbocycles. The molecule has 0 aromatic heterocycles. The van der Waals surface area contributed by atoms with Crippen molar-refractivity contribution in [2.24, 2.45) is 40.4 Å². The highest BCUT2D eigenvalue weighted by molar-refractivity contribution is 8.21. The predicted molar refractivity (Wildman–Crippen MR) is 113 cm³/mol. The second-order valence-electron chi connectivity index (χ2n) is 10.8. The van der Waals surface area contributed by atoms with Gasteiger partial charge in [0.25, 0.3) is 0 Å². The minimum absolute atomic E-state index is 0.530. The zero-order valence-electron chi connectivity index (χ0n) is 16.7. The summed E-state index contributed by atoms with van der Waals surface area (Å²) < 4.78 is 0.530. The van der Waals surface area contributed by atoms with Gasteiger partial charge in [-0.3, -0.25) is 0 Å². The highest BCUT2D eigenvalue weighted by atomic mass is 32.2. The van der Waals surface area contributed by atoms with Crippen LogP contribution in [-0.4, -0.2) is 15.6 Å². The lowest BCUT2D eigenvalue weighted by Crippen LogP contribution is -2.53. The molecule has 0 N–H and O–H groups in total. The van der Waals surface area contributed by atoms with E-state index < -0.39 is 0 Å². The van der Waals surface area contributed by atoms with Crippen molar-refractivity contribution in [1.82, 2.24) is 0 Å². The molecule has 0 radical (unpaired) electrons. The number of fused-ring (bicyclic) bond motifs is 5. The maximum atomic E-state index is 2.74. The van der Waals surface area contributed by atoms with Crippen LogP contribution in [0.15, 0.2) is 0 Å². The molecule has 1 heterocycles. The van der Waals surface area contributed by atoms with E-state index in [2.05, 4.69) is 44.3 Å². The lowest BCUT2D eigenvalue weighted by atomic mass is 9.45. The lowest BCUT2D eigenvalue weighted by Gasteiger charge is -2.61. The average Bonchev–Trinajstić information content (AvgIpc) is 3.18. The third-order valence-electron chi connectivity index (χ3n) is 10.1. The summed E-state index contributed by atoms with van der Waals surface area (Å²) in [6, 6.07) is 0. The molecule has 25 heavy (non-hydrogen) atoms. The second kappa shape index (κ2) is 6.10. The van der Waals surface area contributed by atoms with Crippen molar-refractivity contribution in [1.29, 1.82) is 0 Å². The van der Waals surface area contributed by atoms with Crippen LogP contribution in [0.4, 0.5) is 0 Å². The minimum Gasteiger partial charge on any atom is -0.143 e. The number of hydrogen-bond acceptors (Lipinski definition) is 2. The van der Waals surface area contributed by atoms with Gasteiger partial charge in [0.2, 0.25) is 0 Å². The van der Waals surface area contributed by atoms with Gasteiger partial charge in [-0.1, -0.05) is 26.7 Å². The number of thioether (sulfide) groups is 2. The Labute approximate surface area is 164 Å². The summed E-state index contributed by atoms with van der Waals surface area (Å²) in [5.74, 6) is 8.02. The van der Waals surface area contributed by atoms with Crippen molar-refractivity contribution < 1.29 is 0 Å². The van der Waals surface area contributed by atoms with E-state index >= 15 is 0 Å². The number of rotatable bonds is 1. The Morgan fingerprint density at radius 3 is 2.24 bits per heavy atom. The normalized spacial score (nSPS) is 54.6. The van der Waals surface area contributed by atoms with E-state index in [1.807, 2.05) is 0 Å². The first kappa shape index (κ1) is 17.8. The molecule has 0 amide bonds. The van der Waals surface area contributed by atoms with E-state index in [4.69, 9.17) is 0 Å². The zero-order valence-corrected chi connectivity index (χ0v) is 18.3. The van der Waals surface area contributed by atoms with Crippen molar-refractivity contribution in [2.45, 2.75) is 89.1 Å². The second-order valence-corrected chi connectivity index (χ2v) is 14.1. The van der Waals surface area contributed by atoms with E-state index in [1.54, 1.807) is 44.9 Å². The van der Waals surface area contributed by atoms with E-state index in [9.17, 15) is 0 Å². The average molecular weight is 379 g/mol. The predicted octanol–water partition coefficient (Wildman–Crippen LogP) is 7.23. The molecule has 2 heteroatoms. The Balaban J connectivity index is 1.43. The maximum absolute atomic E-state index is 2.74. The molecule has 0 spiro atoms. The first-order valence-electron chi connectivity index (χ1n) is 11.3. The van der Waals surface area contributed by atoms with Crippen molar-refractivity contribution in [2.75, 3.05) is 11.5 Å². The van der Waals surface area contributed by atoms with Crippen molar-refractivity contribution in [3.63, 3.8) is 0 Å². The SMILES string of the molecule is CC1(C2CCC3C4CCC5CCCCC5(C)C4CCC32C)SCCS1. The summed E-state index contributed by atoms with van der Waals surface area (Å²) in [6.45, 7) is 8.08. The van der Waals surface area contributed by atoms with Gasteiger partial charge in [0.05, 0.1) is 4.08 Å². The Kier molecular flexibility index (Phi) is 4.34. The fourth-order valence-corrected chi connectivity index (χ4v) is 12.4. The summed E-state index contributed by atoms with van der Waals surface area (Å²) in [7, 11) is 0. The maximum Gasteiger partial charge on any atom is 0.0616 e. The molecule has 4 saturated carbocycles. The molecule has 7 unspecified atom stereocenters. The van der Waals surface area contributed by atoms with Crippen LogP contribution in [0.2, 0.25) is 0 Å². The van der Waals surface area contributed by atoms with Crippen LogP contribution in [0.3, 0.4) is 0 Å².